The molecule has 1 spiro atoms. The van der Waals surface area contributed by atoms with Crippen LogP contribution in [0.4, 0.5) is 0 Å². The molecule has 138 valence electrons. The summed E-state index contributed by atoms with van der Waals surface area (Å²) in [6.07, 6.45) is -0.264. The average Bonchev–Trinajstić information content (AvgIpc) is 3.07. The van der Waals surface area contributed by atoms with E-state index in [4.69, 9.17) is 23.7 Å². The second kappa shape index (κ2) is 5.53. The quantitative estimate of drug-likeness (QED) is 0.525. The molecule has 7 nitrogen and oxygen atoms in total. The van der Waals surface area contributed by atoms with Gasteiger partial charge in [0.1, 0.15) is 18.8 Å². The normalized spacial score (nSPS) is 45.0. The third-order valence-corrected chi connectivity index (χ3v) is 5.85. The van der Waals surface area contributed by atoms with Crippen molar-refractivity contribution in [3.63, 3.8) is 0 Å². The number of allylic oxidation sites excluding steroid dienone is 1. The zero-order chi connectivity index (χ0) is 18.0. The van der Waals surface area contributed by atoms with Gasteiger partial charge in [-0.1, -0.05) is 12.2 Å². The highest BCUT2D eigenvalue weighted by molar-refractivity contribution is 5.71. The molecule has 0 unspecified atom stereocenters. The Morgan fingerprint density at radius 1 is 1.28 bits per heavy atom. The fourth-order valence-electron chi connectivity index (χ4n) is 4.98. The molecule has 7 heteroatoms. The molecule has 25 heavy (non-hydrogen) atoms. The van der Waals surface area contributed by atoms with E-state index >= 15 is 0 Å². The van der Waals surface area contributed by atoms with Crippen LogP contribution >= 0.6 is 0 Å². The van der Waals surface area contributed by atoms with Gasteiger partial charge in [-0.2, -0.15) is 0 Å². The van der Waals surface area contributed by atoms with E-state index in [-0.39, 0.29) is 31.0 Å². The summed E-state index contributed by atoms with van der Waals surface area (Å²) in [5.41, 5.74) is 0.484. The molecule has 3 aliphatic heterocycles. The Hall–Kier alpha value is -1.44. The van der Waals surface area contributed by atoms with Crippen molar-refractivity contribution in [2.75, 3.05) is 6.61 Å². The Balaban J connectivity index is 1.78. The van der Waals surface area contributed by atoms with Gasteiger partial charge in [0.25, 0.3) is 0 Å². The summed E-state index contributed by atoms with van der Waals surface area (Å²) in [4.78, 5) is 23.8. The van der Waals surface area contributed by atoms with Crippen LogP contribution in [0.3, 0.4) is 0 Å². The first-order valence-corrected chi connectivity index (χ1v) is 8.74. The number of fused-ring (bicyclic) bond motifs is 1. The van der Waals surface area contributed by atoms with Gasteiger partial charge >= 0.3 is 11.9 Å². The van der Waals surface area contributed by atoms with Gasteiger partial charge in [0.2, 0.25) is 0 Å². The number of hydrogen-bond donors (Lipinski definition) is 0. The molecule has 0 bridgehead atoms. The number of hydrogen-bond acceptors (Lipinski definition) is 7. The van der Waals surface area contributed by atoms with E-state index in [1.54, 1.807) is 0 Å². The van der Waals surface area contributed by atoms with Crippen LogP contribution in [0.2, 0.25) is 0 Å². The van der Waals surface area contributed by atoms with E-state index in [0.717, 1.165) is 18.4 Å². The lowest BCUT2D eigenvalue weighted by Crippen LogP contribution is -2.53. The van der Waals surface area contributed by atoms with E-state index in [2.05, 4.69) is 6.58 Å². The predicted octanol–water partition coefficient (Wildman–Crippen LogP) is 1.69. The van der Waals surface area contributed by atoms with Gasteiger partial charge in [0.15, 0.2) is 18.2 Å². The highest BCUT2D eigenvalue weighted by Crippen LogP contribution is 2.62. The molecule has 3 heterocycles. The van der Waals surface area contributed by atoms with Crippen molar-refractivity contribution < 1.29 is 33.3 Å². The van der Waals surface area contributed by atoms with Crippen molar-refractivity contribution in [1.82, 2.24) is 0 Å². The fourth-order valence-corrected chi connectivity index (χ4v) is 4.98. The highest BCUT2D eigenvalue weighted by atomic mass is 16.8. The molecule has 1 aliphatic carbocycles. The summed E-state index contributed by atoms with van der Waals surface area (Å²) >= 11 is 0. The Morgan fingerprint density at radius 2 is 2.04 bits per heavy atom. The third kappa shape index (κ3) is 2.52. The molecule has 0 aromatic rings. The van der Waals surface area contributed by atoms with Gasteiger partial charge < -0.3 is 23.7 Å². The van der Waals surface area contributed by atoms with Crippen LogP contribution in [0.25, 0.3) is 0 Å². The molecule has 0 aromatic carbocycles. The lowest BCUT2D eigenvalue weighted by atomic mass is 9.66. The predicted molar refractivity (Wildman–Crippen MR) is 84.1 cm³/mol. The zero-order valence-corrected chi connectivity index (χ0v) is 14.8. The van der Waals surface area contributed by atoms with E-state index in [9.17, 15) is 9.59 Å². The summed E-state index contributed by atoms with van der Waals surface area (Å²) < 4.78 is 29.1. The van der Waals surface area contributed by atoms with Crippen molar-refractivity contribution in [2.45, 2.75) is 70.4 Å². The first-order valence-electron chi connectivity index (χ1n) is 8.74. The fraction of sp³-hybridized carbons (Fsp3) is 0.778. The van der Waals surface area contributed by atoms with Crippen molar-refractivity contribution in [2.24, 2.45) is 11.3 Å². The maximum atomic E-state index is 12.2. The average molecular weight is 352 g/mol. The largest absolute Gasteiger partial charge is 0.462 e. The van der Waals surface area contributed by atoms with E-state index < -0.39 is 35.7 Å². The first kappa shape index (κ1) is 17.0. The van der Waals surface area contributed by atoms with Crippen LogP contribution in [-0.2, 0) is 33.3 Å². The van der Waals surface area contributed by atoms with Gasteiger partial charge in [-0.15, -0.1) is 0 Å². The summed E-state index contributed by atoms with van der Waals surface area (Å²) in [6, 6.07) is 0. The van der Waals surface area contributed by atoms with Gasteiger partial charge in [-0.05, 0) is 26.7 Å². The molecule has 3 saturated heterocycles. The van der Waals surface area contributed by atoms with Crippen LogP contribution in [0.1, 0.15) is 40.0 Å². The van der Waals surface area contributed by atoms with E-state index in [1.165, 1.54) is 6.92 Å². The second-order valence-corrected chi connectivity index (χ2v) is 7.84. The number of cyclic esters (lactones) is 1. The third-order valence-electron chi connectivity index (χ3n) is 5.85. The highest BCUT2D eigenvalue weighted by Gasteiger charge is 2.70. The molecule has 4 aliphatic rings. The van der Waals surface area contributed by atoms with Crippen LogP contribution in [0, 0.1) is 11.3 Å². The number of carbonyl (C=O) groups excluding carboxylic acids is 2. The van der Waals surface area contributed by atoms with Crippen LogP contribution in [0.15, 0.2) is 12.2 Å². The van der Waals surface area contributed by atoms with Crippen molar-refractivity contribution in [1.29, 1.82) is 0 Å². The van der Waals surface area contributed by atoms with Gasteiger partial charge in [0, 0.05) is 18.3 Å². The first-order chi connectivity index (χ1) is 11.7. The minimum Gasteiger partial charge on any atom is -0.462 e. The lowest BCUT2D eigenvalue weighted by molar-refractivity contribution is -0.242. The monoisotopic (exact) mass is 352 g/mol. The van der Waals surface area contributed by atoms with Crippen LogP contribution in [0.5, 0.6) is 0 Å². The number of rotatable bonds is 1. The molecule has 6 atom stereocenters. The van der Waals surface area contributed by atoms with Crippen molar-refractivity contribution in [3.05, 3.63) is 12.2 Å². The van der Waals surface area contributed by atoms with Gasteiger partial charge in [-0.25, -0.2) is 0 Å². The zero-order valence-electron chi connectivity index (χ0n) is 14.8. The number of ether oxygens (including phenoxy) is 5. The maximum Gasteiger partial charge on any atom is 0.306 e. The number of esters is 2. The molecule has 4 fully saturated rings. The minimum absolute atomic E-state index is 0.0210. The molecule has 0 amide bonds. The lowest BCUT2D eigenvalue weighted by Gasteiger charge is -2.43. The maximum absolute atomic E-state index is 12.2. The Morgan fingerprint density at radius 3 is 2.76 bits per heavy atom. The van der Waals surface area contributed by atoms with E-state index in [1.807, 2.05) is 13.8 Å². The molecular weight excluding hydrogens is 328 g/mol. The topological polar surface area (TPSA) is 80.3 Å². The second-order valence-electron chi connectivity index (χ2n) is 7.84. The van der Waals surface area contributed by atoms with Crippen LogP contribution in [-0.4, -0.2) is 48.9 Å². The Kier molecular flexibility index (Phi) is 3.76. The molecule has 1 saturated carbocycles. The molecule has 0 N–H and O–H groups in total. The van der Waals surface area contributed by atoms with Gasteiger partial charge in [0.05, 0.1) is 6.42 Å². The Labute approximate surface area is 146 Å². The van der Waals surface area contributed by atoms with Crippen molar-refractivity contribution >= 4 is 11.9 Å². The SMILES string of the molecule is C=C1CC[C@@]23[C@@H]1CC(=O)OC[C@@H](OC(C)=O)[C@H]2O[C@@H]1OC(C)(C)O[C@@H]13. The number of carbonyl (C=O) groups is 2. The summed E-state index contributed by atoms with van der Waals surface area (Å²) in [5.74, 6) is -1.66. The summed E-state index contributed by atoms with van der Waals surface area (Å²) in [7, 11) is 0. The molecular formula is C18H24O7. The molecule has 4 rings (SSSR count). The standard InChI is InChI=1S/C18H24O7/c1-9-5-6-18-11(9)7-13(20)21-8-12(22-10(2)19)14(18)23-16-15(18)24-17(3,4)25-16/h11-12,14-16H,1,5-8H2,2-4H3/t11-,12-,14-,15+,16-,18-/m1/s1. The molecule has 0 radical (unpaired) electrons. The summed E-state index contributed by atoms with van der Waals surface area (Å²) in [5, 5.41) is 0. The van der Waals surface area contributed by atoms with Crippen molar-refractivity contribution in [3.8, 4) is 0 Å². The van der Waals surface area contributed by atoms with Crippen LogP contribution < -0.4 is 0 Å². The minimum atomic E-state index is -0.761. The summed E-state index contributed by atoms with van der Waals surface area (Å²) in [6.45, 7) is 9.18. The van der Waals surface area contributed by atoms with E-state index in [0.29, 0.717) is 0 Å². The molecule has 0 aromatic heterocycles. The Bertz CT molecular complexity index is 627. The smallest absolute Gasteiger partial charge is 0.306 e. The van der Waals surface area contributed by atoms with Gasteiger partial charge in [-0.3, -0.25) is 9.59 Å².